The topological polar surface area (TPSA) is 47.9 Å². The second-order valence-electron chi connectivity index (χ2n) is 5.05. The average molecular weight is 389 g/mol. The van der Waals surface area contributed by atoms with E-state index in [1.807, 2.05) is 0 Å². The molecule has 1 saturated heterocycles. The lowest BCUT2D eigenvalue weighted by molar-refractivity contribution is 0.188. The van der Waals surface area contributed by atoms with E-state index < -0.39 is 0 Å². The van der Waals surface area contributed by atoms with Crippen molar-refractivity contribution in [2.24, 2.45) is 4.99 Å². The van der Waals surface area contributed by atoms with E-state index in [-0.39, 0.29) is 30.1 Å². The van der Waals surface area contributed by atoms with Crippen molar-refractivity contribution in [3.05, 3.63) is 35.4 Å². The summed E-state index contributed by atoms with van der Waals surface area (Å²) in [7, 11) is 0. The first-order valence-electron chi connectivity index (χ1n) is 6.96. The predicted molar refractivity (Wildman–Crippen MR) is 93.6 cm³/mol. The van der Waals surface area contributed by atoms with Crippen molar-refractivity contribution in [2.75, 3.05) is 19.6 Å². The number of hydrogen-bond acceptors (Lipinski definition) is 2. The summed E-state index contributed by atoms with van der Waals surface area (Å²) in [5.41, 5.74) is 2.48. The number of halogens is 1. The minimum atomic E-state index is -0.220. The lowest BCUT2D eigenvalue weighted by atomic mass is 10.1. The van der Waals surface area contributed by atoms with Gasteiger partial charge >= 0.3 is 0 Å². The summed E-state index contributed by atoms with van der Waals surface area (Å²) >= 11 is 0. The number of nitrogens with zero attached hydrogens (tertiary/aromatic N) is 2. The molecule has 1 aliphatic heterocycles. The second-order valence-corrected chi connectivity index (χ2v) is 5.05. The Morgan fingerprint density at radius 2 is 2.30 bits per heavy atom. The van der Waals surface area contributed by atoms with Gasteiger partial charge in [0.1, 0.15) is 0 Å². The fourth-order valence-electron chi connectivity index (χ4n) is 2.34. The molecule has 0 unspecified atom stereocenters. The van der Waals surface area contributed by atoms with E-state index in [0.717, 1.165) is 25.5 Å². The minimum Gasteiger partial charge on any atom is -0.391 e. The first-order chi connectivity index (χ1) is 9.19. The summed E-state index contributed by atoms with van der Waals surface area (Å²) in [6, 6.07) is 8.41. The molecule has 1 fully saturated rings. The van der Waals surface area contributed by atoms with Gasteiger partial charge in [0, 0.05) is 19.6 Å². The van der Waals surface area contributed by atoms with Crippen LogP contribution >= 0.6 is 24.0 Å². The molecule has 1 aromatic rings. The minimum absolute atomic E-state index is 0. The maximum Gasteiger partial charge on any atom is 0.194 e. The van der Waals surface area contributed by atoms with Crippen LogP contribution in [0.25, 0.3) is 0 Å². The zero-order valence-corrected chi connectivity index (χ0v) is 14.5. The van der Waals surface area contributed by atoms with Crippen LogP contribution in [0, 0.1) is 6.92 Å². The number of aliphatic hydroxyl groups is 1. The monoisotopic (exact) mass is 389 g/mol. The Morgan fingerprint density at radius 3 is 2.90 bits per heavy atom. The van der Waals surface area contributed by atoms with Crippen molar-refractivity contribution in [1.82, 2.24) is 10.2 Å². The van der Waals surface area contributed by atoms with Crippen molar-refractivity contribution in [3.8, 4) is 0 Å². The molecule has 0 amide bonds. The third-order valence-corrected chi connectivity index (χ3v) is 3.29. The normalized spacial score (nSPS) is 18.9. The van der Waals surface area contributed by atoms with Crippen molar-refractivity contribution < 1.29 is 5.11 Å². The molecule has 1 aromatic carbocycles. The average Bonchev–Trinajstić information content (AvgIpc) is 2.81. The Morgan fingerprint density at radius 1 is 1.50 bits per heavy atom. The maximum absolute atomic E-state index is 9.61. The van der Waals surface area contributed by atoms with Crippen molar-refractivity contribution in [3.63, 3.8) is 0 Å². The molecular formula is C15H24IN3O. The number of guanidine groups is 1. The first kappa shape index (κ1) is 17.2. The number of aliphatic imine (C=N–C) groups is 1. The van der Waals surface area contributed by atoms with E-state index in [0.29, 0.717) is 13.1 Å². The lowest BCUT2D eigenvalue weighted by Crippen LogP contribution is -2.40. The lowest BCUT2D eigenvalue weighted by Gasteiger charge is -2.20. The van der Waals surface area contributed by atoms with E-state index >= 15 is 0 Å². The van der Waals surface area contributed by atoms with Gasteiger partial charge in [-0.15, -0.1) is 24.0 Å². The molecule has 2 N–H and O–H groups in total. The number of β-amino-alcohol motifs (C(OH)–C–C–N with tert-alkyl or cyclic N) is 1. The summed E-state index contributed by atoms with van der Waals surface area (Å²) in [6.07, 6.45) is 0.609. The fraction of sp³-hybridized carbons (Fsp3) is 0.533. The number of likely N-dealkylation sites (tertiary alicyclic amines) is 1. The smallest absolute Gasteiger partial charge is 0.194 e. The molecule has 4 nitrogen and oxygen atoms in total. The molecule has 2 rings (SSSR count). The Bertz CT molecular complexity index is 450. The van der Waals surface area contributed by atoms with Crippen molar-refractivity contribution in [1.29, 1.82) is 0 Å². The number of aryl methyl sites for hydroxylation is 1. The van der Waals surface area contributed by atoms with Crippen LogP contribution in [0.1, 0.15) is 24.5 Å². The van der Waals surface area contributed by atoms with Gasteiger partial charge in [-0.2, -0.15) is 0 Å². The van der Waals surface area contributed by atoms with Gasteiger partial charge in [0.25, 0.3) is 0 Å². The number of nitrogens with one attached hydrogen (secondary N) is 1. The number of aliphatic hydroxyl groups excluding tert-OH is 1. The summed E-state index contributed by atoms with van der Waals surface area (Å²) in [5, 5.41) is 12.9. The second kappa shape index (κ2) is 8.46. The van der Waals surface area contributed by atoms with E-state index in [2.05, 4.69) is 53.3 Å². The van der Waals surface area contributed by atoms with E-state index in [1.165, 1.54) is 11.1 Å². The van der Waals surface area contributed by atoms with Gasteiger partial charge in [0.15, 0.2) is 5.96 Å². The standard InChI is InChI=1S/C15H23N3O.HI/c1-3-16-15(18-8-7-14(19)11-18)17-10-13-6-4-5-12(2)9-13;/h4-6,9,14,19H,3,7-8,10-11H2,1-2H3,(H,16,17);1H/t14-;/m1./s1. The van der Waals surface area contributed by atoms with Gasteiger partial charge < -0.3 is 15.3 Å². The van der Waals surface area contributed by atoms with Crippen LogP contribution in [0.15, 0.2) is 29.3 Å². The molecular weight excluding hydrogens is 365 g/mol. The van der Waals surface area contributed by atoms with Gasteiger partial charge in [-0.25, -0.2) is 4.99 Å². The van der Waals surface area contributed by atoms with E-state index in [9.17, 15) is 5.11 Å². The van der Waals surface area contributed by atoms with Crippen LogP contribution in [0.3, 0.4) is 0 Å². The van der Waals surface area contributed by atoms with Crippen LogP contribution in [0.2, 0.25) is 0 Å². The third-order valence-electron chi connectivity index (χ3n) is 3.29. The number of hydrogen-bond donors (Lipinski definition) is 2. The van der Waals surface area contributed by atoms with E-state index in [4.69, 9.17) is 0 Å². The third kappa shape index (κ3) is 4.94. The number of rotatable bonds is 3. The van der Waals surface area contributed by atoms with Crippen LogP contribution < -0.4 is 5.32 Å². The molecule has 0 radical (unpaired) electrons. The quantitative estimate of drug-likeness (QED) is 0.473. The Kier molecular flexibility index (Phi) is 7.29. The van der Waals surface area contributed by atoms with E-state index in [1.54, 1.807) is 0 Å². The summed E-state index contributed by atoms with van der Waals surface area (Å²) in [5.74, 6) is 0.903. The van der Waals surface area contributed by atoms with Gasteiger partial charge in [-0.05, 0) is 25.8 Å². The Labute approximate surface area is 138 Å². The summed E-state index contributed by atoms with van der Waals surface area (Å²) in [4.78, 5) is 6.79. The first-order valence-corrected chi connectivity index (χ1v) is 6.96. The maximum atomic E-state index is 9.61. The number of benzene rings is 1. The Balaban J connectivity index is 0.00000200. The van der Waals surface area contributed by atoms with Crippen LogP contribution in [-0.2, 0) is 6.54 Å². The SMILES string of the molecule is CCNC(=NCc1cccc(C)c1)N1CC[C@@H](O)C1.I. The molecule has 112 valence electrons. The largest absolute Gasteiger partial charge is 0.391 e. The molecule has 20 heavy (non-hydrogen) atoms. The molecule has 5 heteroatoms. The van der Waals surface area contributed by atoms with Gasteiger partial charge in [0.2, 0.25) is 0 Å². The molecule has 0 saturated carbocycles. The fourth-order valence-corrected chi connectivity index (χ4v) is 2.34. The van der Waals surface area contributed by atoms with Gasteiger partial charge in [-0.1, -0.05) is 29.8 Å². The van der Waals surface area contributed by atoms with Crippen molar-refractivity contribution >= 4 is 29.9 Å². The molecule has 1 atom stereocenters. The predicted octanol–water partition coefficient (Wildman–Crippen LogP) is 2.15. The zero-order valence-electron chi connectivity index (χ0n) is 12.2. The summed E-state index contributed by atoms with van der Waals surface area (Å²) < 4.78 is 0. The Hall–Kier alpha value is -0.820. The van der Waals surface area contributed by atoms with Gasteiger partial charge in [0.05, 0.1) is 12.6 Å². The highest BCUT2D eigenvalue weighted by molar-refractivity contribution is 14.0. The summed E-state index contributed by atoms with van der Waals surface area (Å²) in [6.45, 7) is 7.24. The highest BCUT2D eigenvalue weighted by atomic mass is 127. The highest BCUT2D eigenvalue weighted by Gasteiger charge is 2.22. The van der Waals surface area contributed by atoms with Crippen LogP contribution in [-0.4, -0.2) is 41.7 Å². The molecule has 0 aromatic heterocycles. The zero-order chi connectivity index (χ0) is 13.7. The molecule has 1 heterocycles. The van der Waals surface area contributed by atoms with Crippen LogP contribution in [0.5, 0.6) is 0 Å². The van der Waals surface area contributed by atoms with Gasteiger partial charge in [-0.3, -0.25) is 0 Å². The molecule has 1 aliphatic rings. The highest BCUT2D eigenvalue weighted by Crippen LogP contribution is 2.10. The van der Waals surface area contributed by atoms with Crippen molar-refractivity contribution in [2.45, 2.75) is 32.9 Å². The molecule has 0 aliphatic carbocycles. The van der Waals surface area contributed by atoms with Crippen LogP contribution in [0.4, 0.5) is 0 Å². The molecule has 0 bridgehead atoms. The molecule has 0 spiro atoms.